The van der Waals surface area contributed by atoms with Crippen LogP contribution in [0, 0.1) is 16.7 Å². The van der Waals surface area contributed by atoms with E-state index in [9.17, 15) is 10.4 Å². The standard InChI is InChI=1S/C22H27N7O2/c1-28-13-16(12-25-28)26-21-24-7-4-19(27-21)15-10-17-2-3-18(11-15)29(17)20(30)22(14-23)5-8-31-9-6-22/h4,7,10,12-13,17-18,20,30H,2-3,5-6,8-9,11H2,1H3,(H,24,26,27). The number of nitrogens with zero attached hydrogens (tertiary/aromatic N) is 6. The van der Waals surface area contributed by atoms with Gasteiger partial charge in [0.15, 0.2) is 0 Å². The van der Waals surface area contributed by atoms with E-state index in [1.165, 1.54) is 5.57 Å². The van der Waals surface area contributed by atoms with Crippen molar-refractivity contribution in [3.63, 3.8) is 0 Å². The van der Waals surface area contributed by atoms with Gasteiger partial charge >= 0.3 is 0 Å². The van der Waals surface area contributed by atoms with Crippen molar-refractivity contribution in [2.75, 3.05) is 18.5 Å². The van der Waals surface area contributed by atoms with Crippen molar-refractivity contribution < 1.29 is 9.84 Å². The smallest absolute Gasteiger partial charge is 0.227 e. The van der Waals surface area contributed by atoms with Gasteiger partial charge in [0.05, 0.1) is 23.6 Å². The lowest BCUT2D eigenvalue weighted by atomic mass is 9.78. The maximum Gasteiger partial charge on any atom is 0.227 e. The third-order valence-corrected chi connectivity index (χ3v) is 6.78. The van der Waals surface area contributed by atoms with Crippen LogP contribution in [-0.4, -0.2) is 61.3 Å². The molecular weight excluding hydrogens is 394 g/mol. The first-order valence-electron chi connectivity index (χ1n) is 10.8. The summed E-state index contributed by atoms with van der Waals surface area (Å²) in [5.41, 5.74) is 2.16. The van der Waals surface area contributed by atoms with Gasteiger partial charge < -0.3 is 15.2 Å². The van der Waals surface area contributed by atoms with E-state index in [1.807, 2.05) is 19.3 Å². The molecule has 31 heavy (non-hydrogen) atoms. The second-order valence-electron chi connectivity index (χ2n) is 8.69. The van der Waals surface area contributed by atoms with Crippen molar-refractivity contribution in [3.8, 4) is 6.07 Å². The van der Waals surface area contributed by atoms with Gasteiger partial charge in [-0.1, -0.05) is 6.08 Å². The van der Waals surface area contributed by atoms with Crippen LogP contribution in [0.4, 0.5) is 11.6 Å². The van der Waals surface area contributed by atoms with Crippen molar-refractivity contribution in [3.05, 3.63) is 36.4 Å². The molecule has 3 aliphatic rings. The number of aromatic nitrogens is 4. The number of anilines is 2. The third-order valence-electron chi connectivity index (χ3n) is 6.78. The van der Waals surface area contributed by atoms with E-state index in [1.54, 1.807) is 17.1 Å². The number of ether oxygens (including phenoxy) is 1. The number of aliphatic hydroxyl groups is 1. The molecule has 2 aromatic heterocycles. The highest BCUT2D eigenvalue weighted by Crippen LogP contribution is 2.44. The number of nitrogens with one attached hydrogen (secondary N) is 1. The Hall–Kier alpha value is -2.80. The van der Waals surface area contributed by atoms with Crippen LogP contribution in [0.15, 0.2) is 30.7 Å². The van der Waals surface area contributed by atoms with Crippen molar-refractivity contribution in [2.24, 2.45) is 12.5 Å². The highest BCUT2D eigenvalue weighted by atomic mass is 16.5. The molecule has 162 valence electrons. The summed E-state index contributed by atoms with van der Waals surface area (Å²) in [7, 11) is 1.86. The summed E-state index contributed by atoms with van der Waals surface area (Å²) < 4.78 is 7.17. The summed E-state index contributed by atoms with van der Waals surface area (Å²) in [5.74, 6) is 0.534. The van der Waals surface area contributed by atoms with E-state index in [0.717, 1.165) is 30.6 Å². The predicted octanol–water partition coefficient (Wildman–Crippen LogP) is 2.21. The normalized spacial score (nSPS) is 26.2. The van der Waals surface area contributed by atoms with Crippen LogP contribution < -0.4 is 5.32 Å². The minimum Gasteiger partial charge on any atom is -0.381 e. The minimum atomic E-state index is -0.773. The van der Waals surface area contributed by atoms with Crippen LogP contribution in [0.25, 0.3) is 5.57 Å². The first-order chi connectivity index (χ1) is 15.1. The van der Waals surface area contributed by atoms with Gasteiger partial charge in [0, 0.05) is 44.7 Å². The van der Waals surface area contributed by atoms with Gasteiger partial charge in [-0.05, 0) is 43.7 Å². The zero-order chi connectivity index (χ0) is 21.4. The van der Waals surface area contributed by atoms with Gasteiger partial charge in [-0.15, -0.1) is 0 Å². The predicted molar refractivity (Wildman–Crippen MR) is 114 cm³/mol. The average Bonchev–Trinajstić information content (AvgIpc) is 3.32. The summed E-state index contributed by atoms with van der Waals surface area (Å²) in [4.78, 5) is 11.2. The molecule has 9 heteroatoms. The monoisotopic (exact) mass is 421 g/mol. The zero-order valence-corrected chi connectivity index (χ0v) is 17.6. The largest absolute Gasteiger partial charge is 0.381 e. The zero-order valence-electron chi connectivity index (χ0n) is 17.6. The molecular formula is C22H27N7O2. The summed E-state index contributed by atoms with van der Waals surface area (Å²) in [5, 5.41) is 28.5. The lowest BCUT2D eigenvalue weighted by molar-refractivity contribution is -0.121. The molecule has 3 atom stereocenters. The fourth-order valence-electron chi connectivity index (χ4n) is 5.10. The highest BCUT2D eigenvalue weighted by molar-refractivity contribution is 5.66. The number of rotatable bonds is 5. The molecule has 2 N–H and O–H groups in total. The van der Waals surface area contributed by atoms with Crippen LogP contribution in [0.5, 0.6) is 0 Å². The SMILES string of the molecule is Cn1cc(Nc2nccc(C3=CC4CCC(C3)N4C(O)C3(C#N)CCOCC3)n2)cn1. The second kappa shape index (κ2) is 8.04. The number of nitriles is 1. The van der Waals surface area contributed by atoms with Gasteiger partial charge in [0.1, 0.15) is 11.6 Å². The summed E-state index contributed by atoms with van der Waals surface area (Å²) in [6.07, 6.45) is 10.7. The summed E-state index contributed by atoms with van der Waals surface area (Å²) in [6.45, 7) is 1.06. The van der Waals surface area contributed by atoms with Crippen LogP contribution in [0.2, 0.25) is 0 Å². The first-order valence-corrected chi connectivity index (χ1v) is 10.8. The van der Waals surface area contributed by atoms with Crippen molar-refractivity contribution in [2.45, 2.75) is 50.4 Å². The Kier molecular flexibility index (Phi) is 5.22. The summed E-state index contributed by atoms with van der Waals surface area (Å²) in [6, 6.07) is 4.68. The molecule has 0 aliphatic carbocycles. The van der Waals surface area contributed by atoms with E-state index >= 15 is 0 Å². The number of hydrogen-bond donors (Lipinski definition) is 2. The Balaban J connectivity index is 1.36. The number of aliphatic hydroxyl groups excluding tert-OH is 1. The molecule has 5 rings (SSSR count). The van der Waals surface area contributed by atoms with Crippen molar-refractivity contribution >= 4 is 17.2 Å². The highest BCUT2D eigenvalue weighted by Gasteiger charge is 2.49. The molecule has 0 spiro atoms. The maximum atomic E-state index is 11.3. The fourth-order valence-corrected chi connectivity index (χ4v) is 5.10. The Labute approximate surface area is 181 Å². The van der Waals surface area contributed by atoms with E-state index in [0.29, 0.717) is 32.0 Å². The van der Waals surface area contributed by atoms with Gasteiger partial charge in [-0.25, -0.2) is 9.97 Å². The topological polar surface area (TPSA) is 112 Å². The molecule has 5 heterocycles. The lowest BCUT2D eigenvalue weighted by Gasteiger charge is -2.45. The Morgan fingerprint density at radius 1 is 1.35 bits per heavy atom. The van der Waals surface area contributed by atoms with Crippen molar-refractivity contribution in [1.29, 1.82) is 5.26 Å². The molecule has 2 bridgehead atoms. The molecule has 3 aliphatic heterocycles. The van der Waals surface area contributed by atoms with Crippen LogP contribution in [0.3, 0.4) is 0 Å². The number of hydrogen-bond acceptors (Lipinski definition) is 8. The Morgan fingerprint density at radius 2 is 2.19 bits per heavy atom. The second-order valence-corrected chi connectivity index (χ2v) is 8.69. The third kappa shape index (κ3) is 3.71. The van der Waals surface area contributed by atoms with Gasteiger partial charge in [0.2, 0.25) is 5.95 Å². The van der Waals surface area contributed by atoms with Gasteiger partial charge in [-0.3, -0.25) is 9.58 Å². The Bertz CT molecular complexity index is 1020. The van der Waals surface area contributed by atoms with Crippen LogP contribution >= 0.6 is 0 Å². The molecule has 2 saturated heterocycles. The molecule has 0 aromatic carbocycles. The average molecular weight is 422 g/mol. The van der Waals surface area contributed by atoms with E-state index in [2.05, 4.69) is 32.4 Å². The van der Waals surface area contributed by atoms with Gasteiger partial charge in [0.25, 0.3) is 0 Å². The molecule has 0 radical (unpaired) electrons. The quantitative estimate of drug-likeness (QED) is 0.756. The summed E-state index contributed by atoms with van der Waals surface area (Å²) >= 11 is 0. The van der Waals surface area contributed by atoms with E-state index in [-0.39, 0.29) is 12.1 Å². The van der Waals surface area contributed by atoms with Gasteiger partial charge in [-0.2, -0.15) is 10.4 Å². The molecule has 9 nitrogen and oxygen atoms in total. The van der Waals surface area contributed by atoms with Crippen LogP contribution in [0.1, 0.15) is 37.8 Å². The molecule has 2 fully saturated rings. The Morgan fingerprint density at radius 3 is 2.90 bits per heavy atom. The number of fused-ring (bicyclic) bond motifs is 2. The van der Waals surface area contributed by atoms with E-state index in [4.69, 9.17) is 9.72 Å². The molecule has 2 aromatic rings. The van der Waals surface area contributed by atoms with Crippen LogP contribution in [-0.2, 0) is 11.8 Å². The number of aryl methyl sites for hydroxylation is 1. The maximum absolute atomic E-state index is 11.3. The van der Waals surface area contributed by atoms with E-state index < -0.39 is 11.6 Å². The molecule has 0 saturated carbocycles. The lowest BCUT2D eigenvalue weighted by Crippen LogP contribution is -2.55. The molecule has 3 unspecified atom stereocenters. The fraction of sp³-hybridized carbons (Fsp3) is 0.545. The molecule has 0 amide bonds. The first kappa shape index (κ1) is 20.1. The minimum absolute atomic E-state index is 0.113. The van der Waals surface area contributed by atoms with Crippen molar-refractivity contribution in [1.82, 2.24) is 24.6 Å².